The Hall–Kier alpha value is -1.29. The van der Waals surface area contributed by atoms with E-state index in [0.717, 1.165) is 5.01 Å². The summed E-state index contributed by atoms with van der Waals surface area (Å²) in [5, 5.41) is 14.4. The van der Waals surface area contributed by atoms with Gasteiger partial charge in [-0.2, -0.15) is 5.43 Å². The van der Waals surface area contributed by atoms with Crippen molar-refractivity contribution in [1.82, 2.24) is 26.6 Å². The van der Waals surface area contributed by atoms with E-state index in [1.165, 1.54) is 0 Å². The van der Waals surface area contributed by atoms with E-state index < -0.39 is 23.3 Å². The molecule has 2 aliphatic rings. The molecular weight excluding hydrogens is 180 g/mol. The summed E-state index contributed by atoms with van der Waals surface area (Å²) in [6.07, 6.45) is -1.85. The third-order valence-electron chi connectivity index (χ3n) is 1.84. The second-order valence-electron chi connectivity index (χ2n) is 2.63. The van der Waals surface area contributed by atoms with Crippen LogP contribution in [0, 0.1) is 10.1 Å². The topological polar surface area (TPSA) is 112 Å². The van der Waals surface area contributed by atoms with Crippen LogP contribution in [0.3, 0.4) is 0 Å². The van der Waals surface area contributed by atoms with Gasteiger partial charge in [0.15, 0.2) is 6.29 Å². The monoisotopic (exact) mass is 188 g/mol. The van der Waals surface area contributed by atoms with Crippen LogP contribution in [0.1, 0.15) is 0 Å². The Bertz CT molecular complexity index is 256. The highest BCUT2D eigenvalue weighted by atomic mass is 16.6. The van der Waals surface area contributed by atoms with Gasteiger partial charge < -0.3 is 0 Å². The zero-order chi connectivity index (χ0) is 9.42. The summed E-state index contributed by atoms with van der Waals surface area (Å²) in [6.45, 7) is 0.398. The summed E-state index contributed by atoms with van der Waals surface area (Å²) >= 11 is 0. The Morgan fingerprint density at radius 3 is 3.00 bits per heavy atom. The molecule has 9 nitrogen and oxygen atoms in total. The Kier molecular flexibility index (Phi) is 1.84. The third-order valence-corrected chi connectivity index (χ3v) is 1.84. The molecule has 4 N–H and O–H groups in total. The number of hydrazine groups is 2. The fourth-order valence-corrected chi connectivity index (χ4v) is 1.23. The number of nitro groups is 1. The van der Waals surface area contributed by atoms with Crippen molar-refractivity contribution >= 4 is 5.91 Å². The van der Waals surface area contributed by atoms with Gasteiger partial charge in [-0.3, -0.25) is 20.2 Å². The maximum Gasteiger partial charge on any atom is 0.357 e. The second kappa shape index (κ2) is 2.88. The van der Waals surface area contributed by atoms with Crippen LogP contribution in [0.25, 0.3) is 0 Å². The number of carbonyl (C=O) groups excluding carboxylic acids is 1. The fraction of sp³-hybridized carbons (Fsp3) is 0.750. The number of hydrogen-bond donors (Lipinski definition) is 4. The summed E-state index contributed by atoms with van der Waals surface area (Å²) < 4.78 is 0. The lowest BCUT2D eigenvalue weighted by molar-refractivity contribution is -0.520. The third kappa shape index (κ3) is 1.23. The number of nitrogens with zero attached hydrogens (tertiary/aromatic N) is 2. The van der Waals surface area contributed by atoms with Crippen LogP contribution in [0.5, 0.6) is 0 Å². The molecule has 13 heavy (non-hydrogen) atoms. The van der Waals surface area contributed by atoms with Crippen molar-refractivity contribution in [2.24, 2.45) is 0 Å². The van der Waals surface area contributed by atoms with E-state index in [2.05, 4.69) is 21.6 Å². The van der Waals surface area contributed by atoms with E-state index in [-0.39, 0.29) is 0 Å². The normalized spacial score (nSPS) is 33.2. The molecule has 0 spiro atoms. The first-order valence-corrected chi connectivity index (χ1v) is 3.64. The van der Waals surface area contributed by atoms with Crippen molar-refractivity contribution in [3.8, 4) is 0 Å². The molecule has 2 atom stereocenters. The molecule has 2 saturated heterocycles. The molecule has 2 unspecified atom stereocenters. The van der Waals surface area contributed by atoms with Gasteiger partial charge in [-0.25, -0.2) is 15.9 Å². The molecule has 0 aromatic heterocycles. The van der Waals surface area contributed by atoms with Gasteiger partial charge in [-0.1, -0.05) is 0 Å². The van der Waals surface area contributed by atoms with Crippen molar-refractivity contribution in [2.75, 3.05) is 6.67 Å². The number of amides is 1. The van der Waals surface area contributed by atoms with E-state index in [4.69, 9.17) is 0 Å². The zero-order valence-electron chi connectivity index (χ0n) is 6.48. The van der Waals surface area contributed by atoms with Gasteiger partial charge >= 0.3 is 12.1 Å². The van der Waals surface area contributed by atoms with Crippen molar-refractivity contribution in [3.05, 3.63) is 10.1 Å². The van der Waals surface area contributed by atoms with E-state index in [1.807, 2.05) is 0 Å². The summed E-state index contributed by atoms with van der Waals surface area (Å²) in [5.41, 5.74) is 7.54. The second-order valence-corrected chi connectivity index (χ2v) is 2.63. The minimum Gasteiger partial charge on any atom is -0.268 e. The predicted octanol–water partition coefficient (Wildman–Crippen LogP) is -3.13. The van der Waals surface area contributed by atoms with E-state index >= 15 is 0 Å². The molecule has 1 amide bonds. The van der Waals surface area contributed by atoms with Gasteiger partial charge in [0.1, 0.15) is 0 Å². The van der Waals surface area contributed by atoms with Crippen LogP contribution in [0.4, 0.5) is 0 Å². The zero-order valence-corrected chi connectivity index (χ0v) is 6.48. The number of rotatable bonds is 1. The first kappa shape index (κ1) is 8.31. The highest BCUT2D eigenvalue weighted by molar-refractivity contribution is 5.80. The Morgan fingerprint density at radius 1 is 1.54 bits per heavy atom. The molecule has 0 aliphatic carbocycles. The number of fused-ring (bicyclic) bond motifs is 1. The van der Waals surface area contributed by atoms with Gasteiger partial charge in [0.2, 0.25) is 0 Å². The molecule has 0 saturated carbocycles. The molecule has 0 bridgehead atoms. The van der Waals surface area contributed by atoms with Crippen LogP contribution in [0.15, 0.2) is 0 Å². The van der Waals surface area contributed by atoms with Crippen molar-refractivity contribution in [2.45, 2.75) is 12.5 Å². The van der Waals surface area contributed by atoms with Crippen LogP contribution < -0.4 is 21.6 Å². The number of nitrogens with one attached hydrogen (secondary N) is 4. The smallest absolute Gasteiger partial charge is 0.268 e. The van der Waals surface area contributed by atoms with E-state index in [0.29, 0.717) is 6.67 Å². The van der Waals surface area contributed by atoms with Crippen molar-refractivity contribution < 1.29 is 9.72 Å². The van der Waals surface area contributed by atoms with Gasteiger partial charge in [0, 0.05) is 0 Å². The van der Waals surface area contributed by atoms with Crippen LogP contribution in [-0.4, -0.2) is 35.0 Å². The highest BCUT2D eigenvalue weighted by Crippen LogP contribution is 2.03. The first-order chi connectivity index (χ1) is 6.20. The first-order valence-electron chi connectivity index (χ1n) is 3.64. The van der Waals surface area contributed by atoms with Crippen LogP contribution in [0.2, 0.25) is 0 Å². The van der Waals surface area contributed by atoms with E-state index in [1.54, 1.807) is 0 Å². The van der Waals surface area contributed by atoms with Gasteiger partial charge in [-0.05, 0) is 0 Å². The fourth-order valence-electron chi connectivity index (χ4n) is 1.23. The van der Waals surface area contributed by atoms with E-state index in [9.17, 15) is 14.9 Å². The minimum atomic E-state index is -1.43. The molecule has 2 fully saturated rings. The maximum atomic E-state index is 11.3. The number of carbonyl (C=O) groups is 1. The standard InChI is InChI=1S/C4H8N6O3/c11-3-2(10(12)13)7-8-4-5-1-6-9(3)4/h2,4-8H,1H2. The molecule has 2 rings (SSSR count). The molecule has 2 heterocycles. The molecule has 0 radical (unpaired) electrons. The molecule has 2 aliphatic heterocycles. The Labute approximate surface area is 72.5 Å². The van der Waals surface area contributed by atoms with Crippen molar-refractivity contribution in [1.29, 1.82) is 0 Å². The quantitative estimate of drug-likeness (QED) is 0.254. The van der Waals surface area contributed by atoms with Crippen molar-refractivity contribution in [3.63, 3.8) is 0 Å². The lowest BCUT2D eigenvalue weighted by Crippen LogP contribution is -2.70. The summed E-state index contributed by atoms with van der Waals surface area (Å²) in [6, 6.07) is 0. The van der Waals surface area contributed by atoms with Gasteiger partial charge in [0.25, 0.3) is 0 Å². The number of hydrogen-bond acceptors (Lipinski definition) is 7. The van der Waals surface area contributed by atoms with Gasteiger partial charge in [-0.15, -0.1) is 0 Å². The van der Waals surface area contributed by atoms with Gasteiger partial charge in [0.05, 0.1) is 11.6 Å². The average molecular weight is 188 g/mol. The molecular formula is C4H8N6O3. The summed E-state index contributed by atoms with van der Waals surface area (Å²) in [5.74, 6) is -0.612. The minimum absolute atomic E-state index is 0.398. The average Bonchev–Trinajstić information content (AvgIpc) is 2.52. The Morgan fingerprint density at radius 2 is 2.31 bits per heavy atom. The lowest BCUT2D eigenvalue weighted by atomic mass is 10.4. The van der Waals surface area contributed by atoms with Crippen LogP contribution >= 0.6 is 0 Å². The molecule has 9 heteroatoms. The molecule has 72 valence electrons. The maximum absolute atomic E-state index is 11.3. The van der Waals surface area contributed by atoms with Crippen LogP contribution in [-0.2, 0) is 4.79 Å². The molecule has 0 aromatic rings. The predicted molar refractivity (Wildman–Crippen MR) is 38.8 cm³/mol. The molecule has 0 aromatic carbocycles. The largest absolute Gasteiger partial charge is 0.357 e. The summed E-state index contributed by atoms with van der Waals surface area (Å²) in [7, 11) is 0. The lowest BCUT2D eigenvalue weighted by Gasteiger charge is -2.30. The summed E-state index contributed by atoms with van der Waals surface area (Å²) in [4.78, 5) is 21.0. The Balaban J connectivity index is 2.13. The highest BCUT2D eigenvalue weighted by Gasteiger charge is 2.44. The SMILES string of the molecule is O=C1C([N+](=O)[O-])NNC2NCNN12.